The van der Waals surface area contributed by atoms with Crippen molar-refractivity contribution in [1.29, 1.82) is 0 Å². The highest BCUT2D eigenvalue weighted by atomic mass is 16.5. The highest BCUT2D eigenvalue weighted by Gasteiger charge is 2.21. The first-order valence-corrected chi connectivity index (χ1v) is 8.29. The summed E-state index contributed by atoms with van der Waals surface area (Å²) in [5, 5.41) is 0. The number of nitrogens with zero attached hydrogens (tertiary/aromatic N) is 6. The third kappa shape index (κ3) is 4.08. The van der Waals surface area contributed by atoms with Crippen LogP contribution in [0.15, 0.2) is 29.3 Å². The first-order valence-electron chi connectivity index (χ1n) is 8.29. The molecule has 0 radical (unpaired) electrons. The highest BCUT2D eigenvalue weighted by molar-refractivity contribution is 5.76. The molecular weight excluding hydrogens is 338 g/mol. The first-order chi connectivity index (χ1) is 12.6. The average molecular weight is 359 g/mol. The summed E-state index contributed by atoms with van der Waals surface area (Å²) in [6.45, 7) is 2.46. The summed E-state index contributed by atoms with van der Waals surface area (Å²) in [5.41, 5.74) is 5.29. The average Bonchev–Trinajstić information content (AvgIpc) is 2.89. The van der Waals surface area contributed by atoms with Crippen molar-refractivity contribution in [1.82, 2.24) is 24.4 Å². The van der Waals surface area contributed by atoms with E-state index in [2.05, 4.69) is 15.0 Å². The number of methoxy groups -OCH3 is 1. The Morgan fingerprint density at radius 2 is 2.12 bits per heavy atom. The fourth-order valence-electron chi connectivity index (χ4n) is 2.85. The molecule has 26 heavy (non-hydrogen) atoms. The third-order valence-corrected chi connectivity index (χ3v) is 4.18. The molecular formula is C16H21N7O3. The maximum atomic E-state index is 12.5. The van der Waals surface area contributed by atoms with Crippen molar-refractivity contribution in [3.8, 4) is 5.88 Å². The largest absolute Gasteiger partial charge is 0.481 e. The van der Waals surface area contributed by atoms with E-state index in [1.54, 1.807) is 23.2 Å². The first kappa shape index (κ1) is 17.6. The number of hydrogen-bond donors (Lipinski definition) is 1. The van der Waals surface area contributed by atoms with Gasteiger partial charge in [0.1, 0.15) is 12.4 Å². The van der Waals surface area contributed by atoms with Gasteiger partial charge in [-0.3, -0.25) is 9.36 Å². The van der Waals surface area contributed by atoms with Gasteiger partial charge < -0.3 is 20.3 Å². The quantitative estimate of drug-likeness (QED) is 0.766. The number of carbonyl (C=O) groups is 1. The number of amides is 1. The summed E-state index contributed by atoms with van der Waals surface area (Å²) < 4.78 is 6.44. The topological polar surface area (TPSA) is 119 Å². The molecule has 138 valence electrons. The highest BCUT2D eigenvalue weighted by Crippen LogP contribution is 2.20. The number of nitrogen functional groups attached to an aromatic ring is 1. The maximum absolute atomic E-state index is 12.5. The Balaban J connectivity index is 1.66. The van der Waals surface area contributed by atoms with Gasteiger partial charge in [0, 0.05) is 44.6 Å². The van der Waals surface area contributed by atoms with E-state index >= 15 is 0 Å². The fourth-order valence-corrected chi connectivity index (χ4v) is 2.85. The van der Waals surface area contributed by atoms with Gasteiger partial charge in [-0.1, -0.05) is 0 Å². The molecule has 10 heteroatoms. The van der Waals surface area contributed by atoms with E-state index in [0.717, 1.165) is 13.0 Å². The van der Waals surface area contributed by atoms with Crippen LogP contribution in [0.25, 0.3) is 0 Å². The number of anilines is 2. The zero-order valence-corrected chi connectivity index (χ0v) is 14.5. The molecule has 2 aromatic heterocycles. The van der Waals surface area contributed by atoms with E-state index < -0.39 is 5.69 Å². The van der Waals surface area contributed by atoms with Gasteiger partial charge in [-0.15, -0.1) is 0 Å². The number of aromatic nitrogens is 4. The molecule has 2 aromatic rings. The van der Waals surface area contributed by atoms with Gasteiger partial charge in [0.25, 0.3) is 0 Å². The van der Waals surface area contributed by atoms with Crippen LogP contribution in [-0.4, -0.2) is 63.6 Å². The predicted octanol–water partition coefficient (Wildman–Crippen LogP) is -0.637. The second-order valence-electron chi connectivity index (χ2n) is 5.88. The van der Waals surface area contributed by atoms with E-state index in [1.165, 1.54) is 17.9 Å². The van der Waals surface area contributed by atoms with Crippen LogP contribution in [0.4, 0.5) is 11.8 Å². The van der Waals surface area contributed by atoms with Gasteiger partial charge in [-0.2, -0.15) is 9.97 Å². The van der Waals surface area contributed by atoms with Crippen molar-refractivity contribution in [2.75, 3.05) is 43.9 Å². The van der Waals surface area contributed by atoms with Crippen molar-refractivity contribution < 1.29 is 9.53 Å². The molecule has 10 nitrogen and oxygen atoms in total. The summed E-state index contributed by atoms with van der Waals surface area (Å²) in [5.74, 6) is 1.11. The Hall–Kier alpha value is -3.17. The normalized spacial score (nSPS) is 14.8. The van der Waals surface area contributed by atoms with Gasteiger partial charge >= 0.3 is 5.69 Å². The molecule has 0 aliphatic carbocycles. The SMILES string of the molecule is COc1cc(N2CCCN(C(=O)Cn3cccnc3=O)CC2)nc(N)n1. The van der Waals surface area contributed by atoms with E-state index in [1.807, 2.05) is 4.90 Å². The lowest BCUT2D eigenvalue weighted by atomic mass is 10.3. The molecule has 1 amide bonds. The van der Waals surface area contributed by atoms with Crippen LogP contribution in [0.1, 0.15) is 6.42 Å². The Morgan fingerprint density at radius 3 is 2.88 bits per heavy atom. The molecule has 1 aliphatic heterocycles. The van der Waals surface area contributed by atoms with E-state index in [0.29, 0.717) is 31.3 Å². The van der Waals surface area contributed by atoms with Crippen LogP contribution in [-0.2, 0) is 11.3 Å². The number of rotatable bonds is 4. The monoisotopic (exact) mass is 359 g/mol. The lowest BCUT2D eigenvalue weighted by Gasteiger charge is -2.23. The summed E-state index contributed by atoms with van der Waals surface area (Å²) in [6, 6.07) is 3.36. The van der Waals surface area contributed by atoms with Crippen LogP contribution < -0.4 is 21.1 Å². The van der Waals surface area contributed by atoms with Gasteiger partial charge in [0.2, 0.25) is 17.7 Å². The van der Waals surface area contributed by atoms with Gasteiger partial charge in [0.15, 0.2) is 0 Å². The van der Waals surface area contributed by atoms with Crippen molar-refractivity contribution in [3.05, 3.63) is 35.0 Å². The number of hydrogen-bond acceptors (Lipinski definition) is 8. The minimum absolute atomic E-state index is 0.0129. The van der Waals surface area contributed by atoms with Crippen LogP contribution in [0, 0.1) is 0 Å². The molecule has 1 fully saturated rings. The molecule has 0 aromatic carbocycles. The van der Waals surface area contributed by atoms with Gasteiger partial charge in [0.05, 0.1) is 7.11 Å². The fraction of sp³-hybridized carbons (Fsp3) is 0.438. The Labute approximate surface area is 150 Å². The second kappa shape index (κ2) is 7.81. The Kier molecular flexibility index (Phi) is 5.30. The van der Waals surface area contributed by atoms with Crippen LogP contribution in [0.2, 0.25) is 0 Å². The summed E-state index contributed by atoms with van der Waals surface area (Å²) in [7, 11) is 1.52. The zero-order valence-electron chi connectivity index (χ0n) is 14.5. The zero-order chi connectivity index (χ0) is 18.5. The van der Waals surface area contributed by atoms with Crippen LogP contribution in [0.5, 0.6) is 5.88 Å². The standard InChI is InChI=1S/C16H21N7O3/c1-26-13-10-12(19-15(17)20-13)21-6-3-7-22(9-8-21)14(24)11-23-5-2-4-18-16(23)25/h2,4-5,10H,3,6-9,11H2,1H3,(H2,17,19,20). The Bertz CT molecular complexity index is 839. The van der Waals surface area contributed by atoms with Crippen molar-refractivity contribution in [2.45, 2.75) is 13.0 Å². The van der Waals surface area contributed by atoms with Gasteiger partial charge in [-0.05, 0) is 12.5 Å². The molecule has 1 aliphatic rings. The van der Waals surface area contributed by atoms with Crippen molar-refractivity contribution in [2.24, 2.45) is 0 Å². The molecule has 0 bridgehead atoms. The minimum Gasteiger partial charge on any atom is -0.481 e. The second-order valence-corrected chi connectivity index (χ2v) is 5.88. The summed E-state index contributed by atoms with van der Waals surface area (Å²) in [4.78, 5) is 39.9. The molecule has 0 saturated carbocycles. The van der Waals surface area contributed by atoms with E-state index in [9.17, 15) is 9.59 Å². The Morgan fingerprint density at radius 1 is 1.27 bits per heavy atom. The molecule has 2 N–H and O–H groups in total. The third-order valence-electron chi connectivity index (χ3n) is 4.18. The lowest BCUT2D eigenvalue weighted by Crippen LogP contribution is -2.39. The van der Waals surface area contributed by atoms with Crippen LogP contribution >= 0.6 is 0 Å². The molecule has 0 spiro atoms. The molecule has 0 unspecified atom stereocenters. The summed E-state index contributed by atoms with van der Waals surface area (Å²) in [6.07, 6.45) is 3.75. The summed E-state index contributed by atoms with van der Waals surface area (Å²) >= 11 is 0. The van der Waals surface area contributed by atoms with Crippen molar-refractivity contribution in [3.63, 3.8) is 0 Å². The maximum Gasteiger partial charge on any atom is 0.347 e. The lowest BCUT2D eigenvalue weighted by molar-refractivity contribution is -0.131. The van der Waals surface area contributed by atoms with E-state index in [-0.39, 0.29) is 18.4 Å². The molecule has 3 heterocycles. The number of nitrogens with two attached hydrogens (primary N) is 1. The molecule has 3 rings (SSSR count). The van der Waals surface area contributed by atoms with E-state index in [4.69, 9.17) is 10.5 Å². The molecule has 0 atom stereocenters. The predicted molar refractivity (Wildman–Crippen MR) is 94.9 cm³/mol. The molecule has 1 saturated heterocycles. The number of carbonyl (C=O) groups excluding carboxylic acids is 1. The van der Waals surface area contributed by atoms with Crippen molar-refractivity contribution >= 4 is 17.7 Å². The minimum atomic E-state index is -0.430. The number of ether oxygens (including phenoxy) is 1. The van der Waals surface area contributed by atoms with Crippen LogP contribution in [0.3, 0.4) is 0 Å². The van der Waals surface area contributed by atoms with Gasteiger partial charge in [-0.25, -0.2) is 9.78 Å². The smallest absolute Gasteiger partial charge is 0.347 e.